The first-order chi connectivity index (χ1) is 33.6. The van der Waals surface area contributed by atoms with Crippen molar-refractivity contribution >= 4 is 109 Å². The van der Waals surface area contributed by atoms with Crippen LogP contribution in [0.5, 0.6) is 0 Å². The topological polar surface area (TPSA) is 32.3 Å². The summed E-state index contributed by atoms with van der Waals surface area (Å²) in [4.78, 5) is 14.6. The van der Waals surface area contributed by atoms with Crippen LogP contribution in [0.15, 0.2) is 228 Å². The molecule has 0 radical (unpaired) electrons. The Kier molecular flexibility index (Phi) is 8.85. The Morgan fingerprint density at radius 1 is 0.324 bits per heavy atom. The zero-order chi connectivity index (χ0) is 45.0. The highest BCUT2D eigenvalue weighted by atomic mass is 79.9. The molecule has 2 aromatic heterocycles. The largest absolute Gasteiger partial charge is 0.308 e. The molecule has 2 aliphatic heterocycles. The fourth-order valence-corrected chi connectivity index (χ4v) is 12.1. The first-order valence-electron chi connectivity index (χ1n) is 22.8. The third-order valence-corrected chi connectivity index (χ3v) is 15.2. The van der Waals surface area contributed by atoms with Crippen LogP contribution in [0.3, 0.4) is 0 Å². The smallest absolute Gasteiger partial charge is 0.0949 e. The maximum atomic E-state index is 5.07. The van der Waals surface area contributed by atoms with Crippen molar-refractivity contribution in [3.8, 4) is 55.8 Å². The molecule has 2 aliphatic rings. The predicted molar refractivity (Wildman–Crippen MR) is 291 cm³/mol. The van der Waals surface area contributed by atoms with Crippen molar-refractivity contribution in [1.82, 2.24) is 9.97 Å². The fraction of sp³-hybridized carbons (Fsp3) is 0. The maximum Gasteiger partial charge on any atom is 0.0949 e. The highest BCUT2D eigenvalue weighted by molar-refractivity contribution is 9.11. The lowest BCUT2D eigenvalue weighted by atomic mass is 9.88. The zero-order valence-corrected chi connectivity index (χ0v) is 39.5. The van der Waals surface area contributed by atoms with E-state index in [4.69, 9.17) is 4.98 Å². The van der Waals surface area contributed by atoms with E-state index < -0.39 is 0 Å². The van der Waals surface area contributed by atoms with E-state index in [9.17, 15) is 0 Å². The summed E-state index contributed by atoms with van der Waals surface area (Å²) in [6.45, 7) is 0. The molecule has 68 heavy (non-hydrogen) atoms. The molecule has 318 valence electrons. The van der Waals surface area contributed by atoms with E-state index in [-0.39, 0.29) is 0 Å². The van der Waals surface area contributed by atoms with E-state index in [0.717, 1.165) is 82.0 Å². The van der Waals surface area contributed by atoms with Crippen LogP contribution >= 0.6 is 31.9 Å². The maximum absolute atomic E-state index is 5.07. The second kappa shape index (κ2) is 15.3. The number of anilines is 6. The van der Waals surface area contributed by atoms with Crippen molar-refractivity contribution in [3.05, 3.63) is 228 Å². The Labute approximate surface area is 409 Å². The number of hydrogen-bond acceptors (Lipinski definition) is 4. The monoisotopic (exact) mass is 994 g/mol. The van der Waals surface area contributed by atoms with E-state index >= 15 is 0 Å². The number of benzene rings is 10. The van der Waals surface area contributed by atoms with Crippen molar-refractivity contribution < 1.29 is 0 Å². The second-order valence-electron chi connectivity index (χ2n) is 17.6. The SMILES string of the molecule is Brc1cccc2cccc(N3c4cccnc4-c4cc(-c5ccc(-c6ccc(N7c8ccncc8-c8cc(-c9ccccc9)cc9cccc7c89)c7c(Br)cccc67)cc5)cc5cccc3c45)c12. The van der Waals surface area contributed by atoms with Gasteiger partial charge < -0.3 is 9.80 Å². The molecule has 14 rings (SSSR count). The molecule has 4 nitrogen and oxygen atoms in total. The summed E-state index contributed by atoms with van der Waals surface area (Å²) in [5.41, 5.74) is 18.1. The number of rotatable bonds is 5. The summed E-state index contributed by atoms with van der Waals surface area (Å²) in [5, 5.41) is 9.48. The summed E-state index contributed by atoms with van der Waals surface area (Å²) < 4.78 is 2.11. The molecule has 0 aliphatic carbocycles. The van der Waals surface area contributed by atoms with Crippen LogP contribution in [0.4, 0.5) is 34.1 Å². The lowest BCUT2D eigenvalue weighted by Crippen LogP contribution is -2.16. The number of pyridine rings is 2. The van der Waals surface area contributed by atoms with Gasteiger partial charge >= 0.3 is 0 Å². The lowest BCUT2D eigenvalue weighted by Gasteiger charge is -2.34. The van der Waals surface area contributed by atoms with Gasteiger partial charge in [0.25, 0.3) is 0 Å². The van der Waals surface area contributed by atoms with Gasteiger partial charge in [-0.1, -0.05) is 153 Å². The molecule has 10 aromatic carbocycles. The van der Waals surface area contributed by atoms with Crippen molar-refractivity contribution in [3.63, 3.8) is 0 Å². The summed E-state index contributed by atoms with van der Waals surface area (Å²) >= 11 is 7.93. The Bertz CT molecular complexity index is 4070. The molecule has 0 unspecified atom stereocenters. The van der Waals surface area contributed by atoms with Gasteiger partial charge in [-0.25, -0.2) is 0 Å². The van der Waals surface area contributed by atoms with Crippen LogP contribution in [-0.4, -0.2) is 9.97 Å². The zero-order valence-electron chi connectivity index (χ0n) is 36.3. The molecule has 12 aromatic rings. The minimum Gasteiger partial charge on any atom is -0.308 e. The first kappa shape index (κ1) is 39.3. The molecule has 0 amide bonds. The third kappa shape index (κ3) is 5.91. The number of fused-ring (bicyclic) bond motifs is 6. The van der Waals surface area contributed by atoms with Gasteiger partial charge in [0.1, 0.15) is 0 Å². The van der Waals surface area contributed by atoms with Crippen LogP contribution in [-0.2, 0) is 0 Å². The van der Waals surface area contributed by atoms with Gasteiger partial charge in [-0.15, -0.1) is 0 Å². The molecule has 6 heteroatoms. The van der Waals surface area contributed by atoms with E-state index in [2.05, 4.69) is 241 Å². The van der Waals surface area contributed by atoms with Gasteiger partial charge in [-0.05, 0) is 139 Å². The van der Waals surface area contributed by atoms with E-state index in [1.54, 1.807) is 0 Å². The Morgan fingerprint density at radius 3 is 1.65 bits per heavy atom. The molecule has 4 heterocycles. The van der Waals surface area contributed by atoms with Gasteiger partial charge in [-0.3, -0.25) is 9.97 Å². The number of nitrogens with zero attached hydrogens (tertiary/aromatic N) is 4. The van der Waals surface area contributed by atoms with Crippen molar-refractivity contribution in [2.24, 2.45) is 0 Å². The molecular formula is C62H36Br2N4. The molecule has 0 saturated heterocycles. The van der Waals surface area contributed by atoms with Gasteiger partial charge in [0.2, 0.25) is 0 Å². The van der Waals surface area contributed by atoms with Crippen molar-refractivity contribution in [1.29, 1.82) is 0 Å². The van der Waals surface area contributed by atoms with Crippen LogP contribution < -0.4 is 9.80 Å². The van der Waals surface area contributed by atoms with Crippen LogP contribution in [0.2, 0.25) is 0 Å². The number of hydrogen-bond donors (Lipinski definition) is 0. The van der Waals surface area contributed by atoms with Crippen molar-refractivity contribution in [2.45, 2.75) is 0 Å². The average molecular weight is 997 g/mol. The number of aromatic nitrogens is 2. The quantitative estimate of drug-likeness (QED) is 0.172. The van der Waals surface area contributed by atoms with Crippen molar-refractivity contribution in [2.75, 3.05) is 9.80 Å². The van der Waals surface area contributed by atoms with E-state index in [1.165, 1.54) is 60.0 Å². The van der Waals surface area contributed by atoms with Crippen LogP contribution in [0, 0.1) is 0 Å². The standard InChI is InChI=1S/C62H36Br2N4/c63-50-17-4-12-40-13-5-21-55(60(40)50)68-54-20-7-15-42-33-44(35-48(59(42)54)62-57(68)22-9-30-66-62)38-23-25-39(26-24-38)45-27-28-56(61-46(45)16-8-18-51(61)64)67-52-29-31-65-36-49(52)47-34-43(37-10-2-1-3-11-37)32-41-14-6-19-53(67)58(41)47/h1-36H. The third-order valence-electron chi connectivity index (χ3n) is 13.9. The molecule has 0 saturated carbocycles. The molecule has 0 N–H and O–H groups in total. The average Bonchev–Trinajstić information content (AvgIpc) is 3.39. The van der Waals surface area contributed by atoms with E-state index in [1.807, 2.05) is 24.7 Å². The van der Waals surface area contributed by atoms with E-state index in [0.29, 0.717) is 0 Å². The summed E-state index contributed by atoms with van der Waals surface area (Å²) in [6.07, 6.45) is 5.84. The Morgan fingerprint density at radius 2 is 0.897 bits per heavy atom. The highest BCUT2D eigenvalue weighted by Crippen LogP contribution is 2.55. The Balaban J connectivity index is 0.878. The summed E-state index contributed by atoms with van der Waals surface area (Å²) in [7, 11) is 0. The molecule has 0 bridgehead atoms. The molecular weight excluding hydrogens is 961 g/mol. The van der Waals surface area contributed by atoms with Gasteiger partial charge in [0.05, 0.1) is 39.8 Å². The summed E-state index contributed by atoms with van der Waals surface area (Å²) in [6, 6.07) is 72.8. The van der Waals surface area contributed by atoms with Crippen LogP contribution in [0.1, 0.15) is 0 Å². The lowest BCUT2D eigenvalue weighted by molar-refractivity contribution is 1.23. The molecule has 0 atom stereocenters. The second-order valence-corrected chi connectivity index (χ2v) is 19.3. The minimum absolute atomic E-state index is 0.972. The van der Waals surface area contributed by atoms with Gasteiger partial charge in [-0.2, -0.15) is 0 Å². The first-order valence-corrected chi connectivity index (χ1v) is 24.3. The van der Waals surface area contributed by atoms with Gasteiger partial charge in [0.15, 0.2) is 0 Å². The Hall–Kier alpha value is -7.90. The van der Waals surface area contributed by atoms with Crippen LogP contribution in [0.25, 0.3) is 98.9 Å². The number of halogens is 2. The normalized spacial score (nSPS) is 12.5. The fourth-order valence-electron chi connectivity index (χ4n) is 11.0. The van der Waals surface area contributed by atoms with Gasteiger partial charge in [0, 0.05) is 60.2 Å². The summed E-state index contributed by atoms with van der Waals surface area (Å²) in [5.74, 6) is 0. The predicted octanol–water partition coefficient (Wildman–Crippen LogP) is 18.5. The minimum atomic E-state index is 0.972. The highest BCUT2D eigenvalue weighted by Gasteiger charge is 2.31. The molecule has 0 spiro atoms. The molecule has 0 fully saturated rings.